The lowest BCUT2D eigenvalue weighted by molar-refractivity contribution is -0.385. The van der Waals surface area contributed by atoms with Crippen LogP contribution in [-0.4, -0.2) is 16.6 Å². The Hall–Kier alpha value is -2.84. The van der Waals surface area contributed by atoms with Crippen LogP contribution in [0.1, 0.15) is 11.1 Å². The van der Waals surface area contributed by atoms with Gasteiger partial charge in [0.15, 0.2) is 5.75 Å². The van der Waals surface area contributed by atoms with Crippen molar-refractivity contribution in [2.75, 3.05) is 6.61 Å². The molecule has 2 rings (SSSR count). The van der Waals surface area contributed by atoms with Gasteiger partial charge < -0.3 is 9.84 Å². The average Bonchev–Trinajstić information content (AvgIpc) is 2.52. The molecule has 0 aliphatic carbocycles. The number of benzene rings is 2. The molecule has 2 aromatic rings. The highest BCUT2D eigenvalue weighted by Crippen LogP contribution is 2.27. The van der Waals surface area contributed by atoms with Gasteiger partial charge in [-0.2, -0.15) is 0 Å². The first-order valence-electron chi connectivity index (χ1n) is 6.25. The summed E-state index contributed by atoms with van der Waals surface area (Å²) in [5, 5.41) is 20.0. The highest BCUT2D eigenvalue weighted by atomic mass is 16.6. The molecule has 21 heavy (non-hydrogen) atoms. The van der Waals surface area contributed by atoms with Crippen LogP contribution in [0.15, 0.2) is 48.5 Å². The Morgan fingerprint density at radius 2 is 1.95 bits per heavy atom. The van der Waals surface area contributed by atoms with E-state index in [-0.39, 0.29) is 24.7 Å². The van der Waals surface area contributed by atoms with E-state index in [2.05, 4.69) is 11.8 Å². The lowest BCUT2D eigenvalue weighted by Crippen LogP contribution is -2.00. The van der Waals surface area contributed by atoms with Crippen molar-refractivity contribution in [2.24, 2.45) is 0 Å². The van der Waals surface area contributed by atoms with Crippen LogP contribution in [0.3, 0.4) is 0 Å². The monoisotopic (exact) mass is 283 g/mol. The smallest absolute Gasteiger partial charge is 0.310 e. The topological polar surface area (TPSA) is 72.6 Å². The Morgan fingerprint density at radius 1 is 1.19 bits per heavy atom. The van der Waals surface area contributed by atoms with Gasteiger partial charge in [-0.1, -0.05) is 30.0 Å². The van der Waals surface area contributed by atoms with Gasteiger partial charge in [0.2, 0.25) is 0 Å². The Labute approximate surface area is 122 Å². The molecule has 0 aliphatic rings. The van der Waals surface area contributed by atoms with Crippen LogP contribution in [0.2, 0.25) is 0 Å². The molecule has 106 valence electrons. The van der Waals surface area contributed by atoms with E-state index in [1.807, 2.05) is 30.3 Å². The minimum absolute atomic E-state index is 0.0324. The lowest BCUT2D eigenvalue weighted by atomic mass is 10.2. The van der Waals surface area contributed by atoms with E-state index in [0.29, 0.717) is 5.56 Å². The summed E-state index contributed by atoms with van der Waals surface area (Å²) in [5.41, 5.74) is 1.25. The minimum atomic E-state index is -0.527. The fraction of sp³-hybridized carbons (Fsp3) is 0.125. The molecule has 0 amide bonds. The van der Waals surface area contributed by atoms with Crippen molar-refractivity contribution < 1.29 is 14.8 Å². The number of nitro groups is 1. The van der Waals surface area contributed by atoms with Gasteiger partial charge in [-0.05, 0) is 29.8 Å². The van der Waals surface area contributed by atoms with Crippen LogP contribution < -0.4 is 4.74 Å². The number of hydrogen-bond donors (Lipinski definition) is 1. The van der Waals surface area contributed by atoms with E-state index < -0.39 is 4.92 Å². The van der Waals surface area contributed by atoms with Gasteiger partial charge in [0.05, 0.1) is 11.5 Å². The molecule has 0 unspecified atom stereocenters. The van der Waals surface area contributed by atoms with Gasteiger partial charge >= 0.3 is 5.69 Å². The maximum atomic E-state index is 10.9. The van der Waals surface area contributed by atoms with E-state index in [1.54, 1.807) is 0 Å². The van der Waals surface area contributed by atoms with Crippen molar-refractivity contribution in [2.45, 2.75) is 6.61 Å². The van der Waals surface area contributed by atoms with E-state index in [9.17, 15) is 10.1 Å². The SMILES string of the molecule is O=[N+]([O-])c1ccc(CO)cc1OCC#Cc1ccccc1. The van der Waals surface area contributed by atoms with Crippen LogP contribution in [0.4, 0.5) is 5.69 Å². The van der Waals surface area contributed by atoms with Crippen LogP contribution in [0.25, 0.3) is 0 Å². The molecule has 0 spiro atoms. The first-order valence-corrected chi connectivity index (χ1v) is 6.25. The van der Waals surface area contributed by atoms with Crippen molar-refractivity contribution in [3.63, 3.8) is 0 Å². The first-order chi connectivity index (χ1) is 10.2. The predicted octanol–water partition coefficient (Wildman–Crippen LogP) is 2.52. The second-order valence-electron chi connectivity index (χ2n) is 4.17. The number of ether oxygens (including phenoxy) is 1. The summed E-state index contributed by atoms with van der Waals surface area (Å²) in [6.45, 7) is -0.172. The molecule has 0 heterocycles. The molecule has 1 N–H and O–H groups in total. The molecule has 0 bridgehead atoms. The summed E-state index contributed by atoms with van der Waals surface area (Å²) in [5.74, 6) is 5.80. The fourth-order valence-corrected chi connectivity index (χ4v) is 1.70. The molecule has 0 radical (unpaired) electrons. The molecule has 0 aliphatic heterocycles. The van der Waals surface area contributed by atoms with E-state index in [4.69, 9.17) is 9.84 Å². The third kappa shape index (κ3) is 4.06. The molecule has 2 aromatic carbocycles. The van der Waals surface area contributed by atoms with Crippen molar-refractivity contribution >= 4 is 5.69 Å². The quantitative estimate of drug-likeness (QED) is 0.531. The zero-order valence-corrected chi connectivity index (χ0v) is 11.2. The van der Waals surface area contributed by atoms with Crippen LogP contribution in [0.5, 0.6) is 5.75 Å². The van der Waals surface area contributed by atoms with Gasteiger partial charge in [-0.15, -0.1) is 0 Å². The van der Waals surface area contributed by atoms with Gasteiger partial charge in [0, 0.05) is 11.6 Å². The number of nitro benzene ring substituents is 1. The zero-order chi connectivity index (χ0) is 15.1. The lowest BCUT2D eigenvalue weighted by Gasteiger charge is -2.05. The Kier molecular flexibility index (Phi) is 4.91. The van der Waals surface area contributed by atoms with Crippen LogP contribution in [0, 0.1) is 22.0 Å². The first kappa shape index (κ1) is 14.6. The molecule has 0 aromatic heterocycles. The number of aliphatic hydroxyl groups excluding tert-OH is 1. The third-order valence-electron chi connectivity index (χ3n) is 2.71. The van der Waals surface area contributed by atoms with Crippen molar-refractivity contribution in [3.8, 4) is 17.6 Å². The summed E-state index contributed by atoms with van der Waals surface area (Å²) in [7, 11) is 0. The van der Waals surface area contributed by atoms with Crippen molar-refractivity contribution in [1.82, 2.24) is 0 Å². The standard InChI is InChI=1S/C16H13NO4/c18-12-14-8-9-15(17(19)20)16(11-14)21-10-4-7-13-5-2-1-3-6-13/h1-3,5-6,8-9,11,18H,10,12H2. The molecule has 5 nitrogen and oxygen atoms in total. The minimum Gasteiger partial charge on any atom is -0.474 e. The van der Waals surface area contributed by atoms with Gasteiger partial charge in [-0.25, -0.2) is 0 Å². The Balaban J connectivity index is 2.09. The molecular formula is C16H13NO4. The molecule has 0 fully saturated rings. The van der Waals surface area contributed by atoms with Crippen molar-refractivity contribution in [3.05, 3.63) is 69.8 Å². The van der Waals surface area contributed by atoms with Gasteiger partial charge in [0.1, 0.15) is 6.61 Å². The second-order valence-corrected chi connectivity index (χ2v) is 4.17. The zero-order valence-electron chi connectivity index (χ0n) is 11.2. The third-order valence-corrected chi connectivity index (χ3v) is 2.71. The average molecular weight is 283 g/mol. The molecule has 0 saturated carbocycles. The number of nitrogens with zero attached hydrogens (tertiary/aromatic N) is 1. The number of rotatable bonds is 4. The van der Waals surface area contributed by atoms with Gasteiger partial charge in [0.25, 0.3) is 0 Å². The summed E-state index contributed by atoms with van der Waals surface area (Å²) >= 11 is 0. The van der Waals surface area contributed by atoms with E-state index in [0.717, 1.165) is 5.56 Å². The predicted molar refractivity (Wildman–Crippen MR) is 77.8 cm³/mol. The fourth-order valence-electron chi connectivity index (χ4n) is 1.70. The molecular weight excluding hydrogens is 270 g/mol. The highest BCUT2D eigenvalue weighted by Gasteiger charge is 2.15. The summed E-state index contributed by atoms with van der Waals surface area (Å²) < 4.78 is 5.34. The Bertz CT molecular complexity index is 686. The largest absolute Gasteiger partial charge is 0.474 e. The summed E-state index contributed by atoms with van der Waals surface area (Å²) in [6, 6.07) is 13.6. The normalized spacial score (nSPS) is 9.57. The second kappa shape index (κ2) is 7.08. The maximum absolute atomic E-state index is 10.9. The summed E-state index contributed by atoms with van der Waals surface area (Å²) in [6.07, 6.45) is 0. The van der Waals surface area contributed by atoms with E-state index >= 15 is 0 Å². The molecule has 0 atom stereocenters. The molecule has 5 heteroatoms. The number of aliphatic hydroxyl groups is 1. The van der Waals surface area contributed by atoms with Crippen molar-refractivity contribution in [1.29, 1.82) is 0 Å². The van der Waals surface area contributed by atoms with E-state index in [1.165, 1.54) is 18.2 Å². The van der Waals surface area contributed by atoms with Crippen LogP contribution in [-0.2, 0) is 6.61 Å². The number of hydrogen-bond acceptors (Lipinski definition) is 4. The van der Waals surface area contributed by atoms with Crippen LogP contribution >= 0.6 is 0 Å². The molecule has 0 saturated heterocycles. The maximum Gasteiger partial charge on any atom is 0.310 e. The van der Waals surface area contributed by atoms with Gasteiger partial charge in [-0.3, -0.25) is 10.1 Å². The highest BCUT2D eigenvalue weighted by molar-refractivity contribution is 5.48. The summed E-state index contributed by atoms with van der Waals surface area (Å²) in [4.78, 5) is 10.4. The Morgan fingerprint density at radius 3 is 2.62 bits per heavy atom.